The Morgan fingerprint density at radius 3 is 2.52 bits per heavy atom. The lowest BCUT2D eigenvalue weighted by atomic mass is 10.2. The summed E-state index contributed by atoms with van der Waals surface area (Å²) in [7, 11) is 0. The highest BCUT2D eigenvalue weighted by Crippen LogP contribution is 2.23. The predicted octanol–water partition coefficient (Wildman–Crippen LogP) is 3.56. The van der Waals surface area contributed by atoms with Crippen molar-refractivity contribution < 1.29 is 0 Å². The maximum Gasteiger partial charge on any atom is 0.166 e. The molecule has 0 saturated carbocycles. The van der Waals surface area contributed by atoms with E-state index in [2.05, 4.69) is 38.7 Å². The lowest BCUT2D eigenvalue weighted by Crippen LogP contribution is -2.20. The first kappa shape index (κ1) is 17.6. The summed E-state index contributed by atoms with van der Waals surface area (Å²) in [5.74, 6) is 1.46. The summed E-state index contributed by atoms with van der Waals surface area (Å²) < 4.78 is 2.05. The van der Waals surface area contributed by atoms with Crippen LogP contribution in [0, 0.1) is 0 Å². The van der Waals surface area contributed by atoms with Gasteiger partial charge in [-0.1, -0.05) is 23.7 Å². The highest BCUT2D eigenvalue weighted by atomic mass is 35.5. The van der Waals surface area contributed by atoms with Crippen molar-refractivity contribution in [2.45, 2.75) is 45.8 Å². The molecule has 0 aliphatic carbocycles. The van der Waals surface area contributed by atoms with Crippen molar-refractivity contribution in [2.75, 3.05) is 5.32 Å². The number of fused-ring (bicyclic) bond motifs is 1. The zero-order chi connectivity index (χ0) is 18.0. The van der Waals surface area contributed by atoms with E-state index >= 15 is 0 Å². The molecule has 1 atom stereocenters. The van der Waals surface area contributed by atoms with Crippen LogP contribution in [0.25, 0.3) is 11.2 Å². The average Bonchev–Trinajstić information content (AvgIpc) is 2.97. The summed E-state index contributed by atoms with van der Waals surface area (Å²) in [5, 5.41) is 4.10. The molecule has 3 aromatic rings. The van der Waals surface area contributed by atoms with Gasteiger partial charge >= 0.3 is 0 Å². The number of nitrogens with zero attached hydrogens (tertiary/aromatic N) is 4. The van der Waals surface area contributed by atoms with Crippen molar-refractivity contribution in [3.05, 3.63) is 47.0 Å². The Balaban J connectivity index is 1.95. The zero-order valence-electron chi connectivity index (χ0n) is 14.7. The maximum atomic E-state index is 5.94. The van der Waals surface area contributed by atoms with Crippen molar-refractivity contribution >= 4 is 28.6 Å². The van der Waals surface area contributed by atoms with E-state index in [0.29, 0.717) is 13.0 Å². The lowest BCUT2D eigenvalue weighted by molar-refractivity contribution is 0.610. The number of benzene rings is 1. The quantitative estimate of drug-likeness (QED) is 0.704. The van der Waals surface area contributed by atoms with E-state index in [4.69, 9.17) is 17.3 Å². The fraction of sp³-hybridized carbons (Fsp3) is 0.389. The van der Waals surface area contributed by atoms with Crippen LogP contribution in [0.1, 0.15) is 38.2 Å². The Morgan fingerprint density at radius 2 is 1.88 bits per heavy atom. The smallest absolute Gasteiger partial charge is 0.166 e. The predicted molar refractivity (Wildman–Crippen MR) is 102 cm³/mol. The number of hydrogen-bond acceptors (Lipinski definition) is 5. The Morgan fingerprint density at radius 1 is 1.16 bits per heavy atom. The van der Waals surface area contributed by atoms with Gasteiger partial charge in [-0.25, -0.2) is 15.0 Å². The number of nitrogens with two attached hydrogens (primary N) is 1. The Hall–Kier alpha value is -2.18. The Kier molecular flexibility index (Phi) is 5.20. The molecule has 2 aromatic heterocycles. The van der Waals surface area contributed by atoms with E-state index in [1.807, 2.05) is 37.5 Å². The third-order valence-corrected chi connectivity index (χ3v) is 4.15. The van der Waals surface area contributed by atoms with E-state index < -0.39 is 0 Å². The Bertz CT molecular complexity index is 854. The first-order valence-electron chi connectivity index (χ1n) is 8.41. The van der Waals surface area contributed by atoms with Crippen molar-refractivity contribution in [1.82, 2.24) is 19.5 Å². The van der Waals surface area contributed by atoms with Crippen LogP contribution in [0.2, 0.25) is 5.02 Å². The molecule has 132 valence electrons. The first-order chi connectivity index (χ1) is 11.9. The number of aromatic nitrogens is 4. The SMILES string of the molecule is CC(N)Cc1nc(NCc2ccc(Cl)cc2)c2ncn(C(C)C)c2n1. The fourth-order valence-electron chi connectivity index (χ4n) is 2.63. The summed E-state index contributed by atoms with van der Waals surface area (Å²) in [6, 6.07) is 8.00. The minimum absolute atomic E-state index is 0.00279. The van der Waals surface area contributed by atoms with Crippen LogP contribution < -0.4 is 11.1 Å². The largest absolute Gasteiger partial charge is 0.364 e. The molecule has 3 N–H and O–H groups in total. The molecule has 0 amide bonds. The van der Waals surface area contributed by atoms with Crippen molar-refractivity contribution in [2.24, 2.45) is 5.73 Å². The van der Waals surface area contributed by atoms with Gasteiger partial charge in [0, 0.05) is 30.1 Å². The van der Waals surface area contributed by atoms with Crippen LogP contribution in [0.3, 0.4) is 0 Å². The molecule has 0 fully saturated rings. The third-order valence-electron chi connectivity index (χ3n) is 3.90. The van der Waals surface area contributed by atoms with Crippen LogP contribution in [0.15, 0.2) is 30.6 Å². The zero-order valence-corrected chi connectivity index (χ0v) is 15.5. The van der Waals surface area contributed by atoms with Gasteiger partial charge in [-0.3, -0.25) is 0 Å². The summed E-state index contributed by atoms with van der Waals surface area (Å²) in [6.07, 6.45) is 2.43. The van der Waals surface area contributed by atoms with Crippen LogP contribution >= 0.6 is 11.6 Å². The van der Waals surface area contributed by atoms with Crippen molar-refractivity contribution in [3.63, 3.8) is 0 Å². The summed E-state index contributed by atoms with van der Waals surface area (Å²) >= 11 is 5.94. The van der Waals surface area contributed by atoms with E-state index in [-0.39, 0.29) is 12.1 Å². The van der Waals surface area contributed by atoms with Gasteiger partial charge in [-0.05, 0) is 38.5 Å². The molecule has 1 aromatic carbocycles. The molecule has 7 heteroatoms. The minimum atomic E-state index is -0.00279. The molecule has 0 bridgehead atoms. The van der Waals surface area contributed by atoms with E-state index in [9.17, 15) is 0 Å². The minimum Gasteiger partial charge on any atom is -0.364 e. The van der Waals surface area contributed by atoms with Gasteiger partial charge in [0.25, 0.3) is 0 Å². The van der Waals surface area contributed by atoms with Gasteiger partial charge in [-0.15, -0.1) is 0 Å². The van der Waals surface area contributed by atoms with Gasteiger partial charge in [-0.2, -0.15) is 0 Å². The summed E-state index contributed by atoms with van der Waals surface area (Å²) in [6.45, 7) is 6.80. The standard InChI is InChI=1S/C18H23ClN6/c1-11(2)25-10-22-16-17(21-9-13-4-6-14(19)7-5-13)23-15(8-12(3)20)24-18(16)25/h4-7,10-12H,8-9,20H2,1-3H3,(H,21,23,24). The van der Waals surface area contributed by atoms with E-state index in [1.54, 1.807) is 0 Å². The summed E-state index contributed by atoms with van der Waals surface area (Å²) in [5.41, 5.74) is 8.66. The molecular formula is C18H23ClN6. The number of hydrogen-bond donors (Lipinski definition) is 2. The van der Waals surface area contributed by atoms with Gasteiger partial charge < -0.3 is 15.6 Å². The Labute approximate surface area is 152 Å². The molecule has 0 radical (unpaired) electrons. The third kappa shape index (κ3) is 4.08. The molecule has 3 rings (SSSR count). The maximum absolute atomic E-state index is 5.94. The summed E-state index contributed by atoms with van der Waals surface area (Å²) in [4.78, 5) is 13.8. The molecular weight excluding hydrogens is 336 g/mol. The topological polar surface area (TPSA) is 81.6 Å². The van der Waals surface area contributed by atoms with Crippen LogP contribution in [-0.2, 0) is 13.0 Å². The first-order valence-corrected chi connectivity index (χ1v) is 8.79. The molecule has 6 nitrogen and oxygen atoms in total. The van der Waals surface area contributed by atoms with Crippen LogP contribution in [0.5, 0.6) is 0 Å². The van der Waals surface area contributed by atoms with E-state index in [1.165, 1.54) is 0 Å². The molecule has 2 heterocycles. The molecule has 0 saturated heterocycles. The number of anilines is 1. The van der Waals surface area contributed by atoms with Gasteiger partial charge in [0.2, 0.25) is 0 Å². The number of halogens is 1. The van der Waals surface area contributed by atoms with E-state index in [0.717, 1.165) is 33.4 Å². The van der Waals surface area contributed by atoms with Crippen LogP contribution in [-0.4, -0.2) is 25.6 Å². The van der Waals surface area contributed by atoms with Crippen molar-refractivity contribution in [3.8, 4) is 0 Å². The monoisotopic (exact) mass is 358 g/mol. The molecule has 0 aliphatic heterocycles. The number of nitrogens with one attached hydrogen (secondary N) is 1. The number of imidazole rings is 1. The van der Waals surface area contributed by atoms with Gasteiger partial charge in [0.05, 0.1) is 6.33 Å². The fourth-order valence-corrected chi connectivity index (χ4v) is 2.76. The van der Waals surface area contributed by atoms with Gasteiger partial charge in [0.1, 0.15) is 11.3 Å². The normalized spacial score (nSPS) is 12.7. The van der Waals surface area contributed by atoms with Crippen molar-refractivity contribution in [1.29, 1.82) is 0 Å². The molecule has 0 aliphatic rings. The lowest BCUT2D eigenvalue weighted by Gasteiger charge is -2.12. The van der Waals surface area contributed by atoms with Crippen LogP contribution in [0.4, 0.5) is 5.82 Å². The van der Waals surface area contributed by atoms with Gasteiger partial charge in [0.15, 0.2) is 11.5 Å². The second-order valence-corrected chi connectivity index (χ2v) is 7.00. The highest BCUT2D eigenvalue weighted by molar-refractivity contribution is 6.30. The highest BCUT2D eigenvalue weighted by Gasteiger charge is 2.15. The average molecular weight is 359 g/mol. The molecule has 0 spiro atoms. The number of rotatable bonds is 6. The second-order valence-electron chi connectivity index (χ2n) is 6.57. The molecule has 25 heavy (non-hydrogen) atoms. The molecule has 1 unspecified atom stereocenters. The second kappa shape index (κ2) is 7.37.